The molecule has 0 aromatic rings. The normalized spacial score (nSPS) is 9.39. The van der Waals surface area contributed by atoms with E-state index < -0.39 is 14.2 Å². The Morgan fingerprint density at radius 1 is 1.39 bits per heavy atom. The van der Waals surface area contributed by atoms with E-state index in [-0.39, 0.29) is 0 Å². The maximum Gasteiger partial charge on any atom is 0.421 e. The van der Waals surface area contributed by atoms with E-state index in [0.717, 1.165) is 0 Å². The molecule has 0 spiro atoms. The third-order valence-electron chi connectivity index (χ3n) is 1.72. The Labute approximate surface area is 111 Å². The Hall–Kier alpha value is -1.65. The molecule has 0 radical (unpaired) electrons. The second-order valence-electron chi connectivity index (χ2n) is 4.94. The van der Waals surface area contributed by atoms with Crippen molar-refractivity contribution >= 4 is 14.2 Å². The molecular formula is C14H21NO2Si. The molecule has 0 aliphatic heterocycles. The van der Waals surface area contributed by atoms with Crippen molar-refractivity contribution in [1.82, 2.24) is 4.90 Å². The van der Waals surface area contributed by atoms with Crippen LogP contribution in [0, 0.1) is 23.4 Å². The second kappa shape index (κ2) is 7.63. The fourth-order valence-corrected chi connectivity index (χ4v) is 1.62. The summed E-state index contributed by atoms with van der Waals surface area (Å²) in [4.78, 5) is 12.8. The first kappa shape index (κ1) is 16.3. The molecule has 0 heterocycles. The number of amides is 1. The van der Waals surface area contributed by atoms with Gasteiger partial charge >= 0.3 is 6.09 Å². The van der Waals surface area contributed by atoms with Gasteiger partial charge in [-0.05, 0) is 18.4 Å². The molecule has 0 atom stereocenters. The molecule has 0 aromatic carbocycles. The minimum atomic E-state index is -1.35. The van der Waals surface area contributed by atoms with Crippen molar-refractivity contribution in [3.63, 3.8) is 0 Å². The molecule has 18 heavy (non-hydrogen) atoms. The molecular weight excluding hydrogens is 242 g/mol. The first-order valence-electron chi connectivity index (χ1n) is 5.79. The van der Waals surface area contributed by atoms with E-state index in [1.807, 2.05) is 0 Å². The number of allylic oxidation sites excluding steroid dienone is 1. The topological polar surface area (TPSA) is 29.5 Å². The summed E-state index contributed by atoms with van der Waals surface area (Å²) in [6.07, 6.45) is 0.142. The SMILES string of the molecule is C=C(C)C#CN(CCC#C[Si](C)(C)C)C(=O)OC. The zero-order valence-corrected chi connectivity index (χ0v) is 12.9. The summed E-state index contributed by atoms with van der Waals surface area (Å²) < 4.78 is 4.66. The number of nitrogens with zero attached hydrogens (tertiary/aromatic N) is 1. The Bertz CT molecular complexity index is 427. The van der Waals surface area contributed by atoms with Crippen LogP contribution in [-0.2, 0) is 4.74 Å². The van der Waals surface area contributed by atoms with Crippen LogP contribution in [0.3, 0.4) is 0 Å². The van der Waals surface area contributed by atoms with E-state index in [1.165, 1.54) is 12.0 Å². The monoisotopic (exact) mass is 263 g/mol. The molecule has 0 N–H and O–H groups in total. The van der Waals surface area contributed by atoms with Gasteiger partial charge in [0.2, 0.25) is 0 Å². The van der Waals surface area contributed by atoms with Gasteiger partial charge in [0.15, 0.2) is 0 Å². The molecule has 0 unspecified atom stereocenters. The number of carbonyl (C=O) groups excluding carboxylic acids is 1. The van der Waals surface area contributed by atoms with Gasteiger partial charge < -0.3 is 4.74 Å². The summed E-state index contributed by atoms with van der Waals surface area (Å²) >= 11 is 0. The first-order valence-corrected chi connectivity index (χ1v) is 9.29. The molecule has 0 aromatic heterocycles. The van der Waals surface area contributed by atoms with Crippen LogP contribution in [0.25, 0.3) is 0 Å². The number of hydrogen-bond donors (Lipinski definition) is 0. The fraction of sp³-hybridized carbons (Fsp3) is 0.500. The van der Waals surface area contributed by atoms with Crippen molar-refractivity contribution in [2.75, 3.05) is 13.7 Å². The van der Waals surface area contributed by atoms with Crippen LogP contribution < -0.4 is 0 Å². The molecule has 1 amide bonds. The predicted molar refractivity (Wildman–Crippen MR) is 77.4 cm³/mol. The zero-order valence-electron chi connectivity index (χ0n) is 11.9. The summed E-state index contributed by atoms with van der Waals surface area (Å²) in [5, 5.41) is 0. The molecule has 98 valence electrons. The highest BCUT2D eigenvalue weighted by atomic mass is 28.3. The summed E-state index contributed by atoms with van der Waals surface area (Å²) in [7, 11) is -0.00824. The van der Waals surface area contributed by atoms with Gasteiger partial charge in [0.1, 0.15) is 8.07 Å². The Morgan fingerprint density at radius 2 is 2.00 bits per heavy atom. The highest BCUT2D eigenvalue weighted by Gasteiger charge is 2.10. The highest BCUT2D eigenvalue weighted by molar-refractivity contribution is 6.83. The van der Waals surface area contributed by atoms with Gasteiger partial charge in [0, 0.05) is 19.0 Å². The fourth-order valence-electron chi connectivity index (χ4n) is 0.961. The molecule has 3 nitrogen and oxygen atoms in total. The smallest absolute Gasteiger partial charge is 0.421 e. The van der Waals surface area contributed by atoms with Crippen molar-refractivity contribution in [3.05, 3.63) is 12.2 Å². The molecule has 0 aliphatic carbocycles. The second-order valence-corrected chi connectivity index (χ2v) is 9.69. The predicted octanol–water partition coefficient (Wildman–Crippen LogP) is 2.86. The number of methoxy groups -OCH3 is 1. The van der Waals surface area contributed by atoms with Crippen LogP contribution in [0.1, 0.15) is 13.3 Å². The quantitative estimate of drug-likeness (QED) is 0.435. The summed E-state index contributed by atoms with van der Waals surface area (Å²) in [5.41, 5.74) is 3.95. The van der Waals surface area contributed by atoms with Crippen LogP contribution in [0.2, 0.25) is 19.6 Å². The molecule has 0 aliphatic rings. The third-order valence-corrected chi connectivity index (χ3v) is 2.65. The summed E-state index contributed by atoms with van der Waals surface area (Å²) in [6.45, 7) is 12.4. The van der Waals surface area contributed by atoms with E-state index in [9.17, 15) is 4.79 Å². The van der Waals surface area contributed by atoms with Gasteiger partial charge in [-0.2, -0.15) is 0 Å². The van der Waals surface area contributed by atoms with Gasteiger partial charge in [-0.15, -0.1) is 11.5 Å². The van der Waals surface area contributed by atoms with E-state index >= 15 is 0 Å². The maximum atomic E-state index is 11.4. The van der Waals surface area contributed by atoms with Crippen LogP contribution in [0.5, 0.6) is 0 Å². The minimum Gasteiger partial charge on any atom is -0.452 e. The number of hydrogen-bond acceptors (Lipinski definition) is 2. The maximum absolute atomic E-state index is 11.4. The van der Waals surface area contributed by atoms with Crippen LogP contribution in [0.15, 0.2) is 12.2 Å². The van der Waals surface area contributed by atoms with Crippen molar-refractivity contribution in [2.45, 2.75) is 33.0 Å². The van der Waals surface area contributed by atoms with Gasteiger partial charge in [0.05, 0.1) is 7.11 Å². The summed E-state index contributed by atoms with van der Waals surface area (Å²) in [6, 6.07) is 2.72. The van der Waals surface area contributed by atoms with Crippen molar-refractivity contribution in [3.8, 4) is 23.4 Å². The number of ether oxygens (including phenoxy) is 1. The van der Waals surface area contributed by atoms with E-state index in [1.54, 1.807) is 6.92 Å². The van der Waals surface area contributed by atoms with Crippen LogP contribution in [0.4, 0.5) is 4.79 Å². The average molecular weight is 263 g/mol. The molecule has 0 saturated heterocycles. The lowest BCUT2D eigenvalue weighted by Crippen LogP contribution is -2.27. The zero-order chi connectivity index (χ0) is 14.2. The molecule has 0 saturated carbocycles. The van der Waals surface area contributed by atoms with E-state index in [4.69, 9.17) is 0 Å². The molecule has 0 rings (SSSR count). The van der Waals surface area contributed by atoms with Crippen LogP contribution >= 0.6 is 0 Å². The molecule has 0 fully saturated rings. The minimum absolute atomic E-state index is 0.449. The largest absolute Gasteiger partial charge is 0.452 e. The Morgan fingerprint density at radius 3 is 2.44 bits per heavy atom. The standard InChI is InChI=1S/C14H21NO2Si/c1-13(2)9-11-15(14(16)17-3)10-7-8-12-18(4,5)6/h1,7,10H2,2-6H3. The first-order chi connectivity index (χ1) is 8.26. The third kappa shape index (κ3) is 8.49. The van der Waals surface area contributed by atoms with Gasteiger partial charge in [-0.1, -0.05) is 26.2 Å². The molecule has 4 heteroatoms. The highest BCUT2D eigenvalue weighted by Crippen LogP contribution is 1.98. The van der Waals surface area contributed by atoms with Crippen molar-refractivity contribution in [1.29, 1.82) is 0 Å². The average Bonchev–Trinajstić information content (AvgIpc) is 2.25. The van der Waals surface area contributed by atoms with E-state index in [0.29, 0.717) is 18.5 Å². The lowest BCUT2D eigenvalue weighted by Gasteiger charge is -2.12. The number of carbonyl (C=O) groups is 1. The van der Waals surface area contributed by atoms with Gasteiger partial charge in [0.25, 0.3) is 0 Å². The van der Waals surface area contributed by atoms with Gasteiger partial charge in [-0.3, -0.25) is 0 Å². The summed E-state index contributed by atoms with van der Waals surface area (Å²) in [5.74, 6) is 5.85. The lowest BCUT2D eigenvalue weighted by molar-refractivity contribution is 0.143. The van der Waals surface area contributed by atoms with Crippen LogP contribution in [-0.4, -0.2) is 32.7 Å². The van der Waals surface area contributed by atoms with Crippen molar-refractivity contribution < 1.29 is 9.53 Å². The van der Waals surface area contributed by atoms with Gasteiger partial charge in [-0.25, -0.2) is 9.69 Å². The Kier molecular flexibility index (Phi) is 6.93. The van der Waals surface area contributed by atoms with Crippen molar-refractivity contribution in [2.24, 2.45) is 0 Å². The Balaban J connectivity index is 4.54. The van der Waals surface area contributed by atoms with E-state index in [2.05, 4.69) is 54.4 Å². The number of rotatable bonds is 2. The molecule has 0 bridgehead atoms. The lowest BCUT2D eigenvalue weighted by atomic mass is 10.3.